The van der Waals surface area contributed by atoms with Crippen molar-refractivity contribution >= 4 is 82.9 Å². The highest BCUT2D eigenvalue weighted by Crippen LogP contribution is 2.45. The fourth-order valence-electron chi connectivity index (χ4n) is 8.82. The van der Waals surface area contributed by atoms with Crippen LogP contribution in [-0.4, -0.2) is 13.7 Å². The Hall–Kier alpha value is -6.72. The lowest BCUT2D eigenvalue weighted by molar-refractivity contribution is 0.615. The van der Waals surface area contributed by atoms with Crippen LogP contribution in [0.3, 0.4) is 0 Å². The first-order chi connectivity index (χ1) is 25.3. The van der Waals surface area contributed by atoms with Crippen LogP contribution in [0.15, 0.2) is 154 Å². The number of allylic oxidation sites excluding steroid dienone is 1. The van der Waals surface area contributed by atoms with Crippen LogP contribution in [0.1, 0.15) is 17.7 Å². The first-order valence-corrected chi connectivity index (χ1v) is 17.6. The predicted octanol–water partition coefficient (Wildman–Crippen LogP) is 12.3. The molecule has 0 fully saturated rings. The van der Waals surface area contributed by atoms with E-state index in [1.165, 1.54) is 32.9 Å². The maximum absolute atomic E-state index is 6.77. The minimum Gasteiger partial charge on any atom is -0.439 e. The molecule has 240 valence electrons. The Kier molecular flexibility index (Phi) is 5.28. The highest BCUT2D eigenvalue weighted by Gasteiger charge is 2.26. The smallest absolute Gasteiger partial charge is 0.216 e. The van der Waals surface area contributed by atoms with Gasteiger partial charge in [-0.05, 0) is 73.0 Å². The van der Waals surface area contributed by atoms with Crippen molar-refractivity contribution in [2.45, 2.75) is 12.8 Å². The van der Waals surface area contributed by atoms with Gasteiger partial charge in [0.1, 0.15) is 11.2 Å². The number of hydrogen-bond acceptors (Lipinski definition) is 2. The van der Waals surface area contributed by atoms with E-state index in [-0.39, 0.29) is 0 Å². The summed E-state index contributed by atoms with van der Waals surface area (Å²) in [5.41, 5.74) is 12.6. The lowest BCUT2D eigenvalue weighted by Gasteiger charge is -2.17. The highest BCUT2D eigenvalue weighted by atomic mass is 16.4. The number of aryl methyl sites for hydroxylation is 1. The number of benzene rings is 6. The molecule has 0 atom stereocenters. The Morgan fingerprint density at radius 3 is 1.47 bits per heavy atom. The molecule has 5 heteroatoms. The van der Waals surface area contributed by atoms with Crippen LogP contribution < -0.4 is 0 Å². The Balaban J connectivity index is 1.26. The summed E-state index contributed by atoms with van der Waals surface area (Å²) < 4.78 is 20.6. The van der Waals surface area contributed by atoms with Crippen molar-refractivity contribution in [3.8, 4) is 17.1 Å². The van der Waals surface area contributed by atoms with E-state index >= 15 is 0 Å². The molecule has 0 aliphatic heterocycles. The summed E-state index contributed by atoms with van der Waals surface area (Å²) in [5, 5.41) is 8.07. The molecule has 12 rings (SSSR count). The molecule has 0 spiro atoms. The molecule has 0 radical (unpaired) electrons. The molecular formula is C46H29N3O2. The van der Waals surface area contributed by atoms with Gasteiger partial charge in [0.05, 0.1) is 44.4 Å². The number of nitrogens with zero attached hydrogens (tertiary/aromatic N) is 3. The van der Waals surface area contributed by atoms with Crippen molar-refractivity contribution in [1.29, 1.82) is 0 Å². The van der Waals surface area contributed by atoms with Crippen LogP contribution >= 0.6 is 0 Å². The van der Waals surface area contributed by atoms with Crippen LogP contribution in [0.4, 0.5) is 0 Å². The molecule has 0 unspecified atom stereocenters. The molecule has 5 heterocycles. The molecule has 0 saturated carbocycles. The number of para-hydroxylation sites is 5. The van der Waals surface area contributed by atoms with Crippen LogP contribution in [-0.2, 0) is 6.42 Å². The molecule has 1 aliphatic rings. The van der Waals surface area contributed by atoms with Crippen molar-refractivity contribution in [2.75, 3.05) is 0 Å². The molecule has 5 aromatic heterocycles. The van der Waals surface area contributed by atoms with Gasteiger partial charge < -0.3 is 18.0 Å². The van der Waals surface area contributed by atoms with Gasteiger partial charge in [0, 0.05) is 32.6 Å². The zero-order chi connectivity index (χ0) is 33.2. The van der Waals surface area contributed by atoms with E-state index in [1.54, 1.807) is 0 Å². The largest absolute Gasteiger partial charge is 0.439 e. The van der Waals surface area contributed by atoms with Crippen molar-refractivity contribution in [2.24, 2.45) is 0 Å². The predicted molar refractivity (Wildman–Crippen MR) is 209 cm³/mol. The number of hydrogen-bond donors (Lipinski definition) is 0. The summed E-state index contributed by atoms with van der Waals surface area (Å²) >= 11 is 0. The van der Waals surface area contributed by atoms with Gasteiger partial charge >= 0.3 is 0 Å². The second-order valence-corrected chi connectivity index (χ2v) is 13.6. The summed E-state index contributed by atoms with van der Waals surface area (Å²) in [6.45, 7) is 0. The van der Waals surface area contributed by atoms with E-state index in [0.717, 1.165) is 85.1 Å². The summed E-state index contributed by atoms with van der Waals surface area (Å²) in [5.74, 6) is 0. The average Bonchev–Trinajstić information content (AvgIpc) is 3.97. The van der Waals surface area contributed by atoms with Crippen LogP contribution in [0, 0.1) is 0 Å². The molecule has 0 bridgehead atoms. The van der Waals surface area contributed by atoms with E-state index in [9.17, 15) is 0 Å². The Labute approximate surface area is 291 Å². The Morgan fingerprint density at radius 1 is 0.431 bits per heavy atom. The van der Waals surface area contributed by atoms with Gasteiger partial charge in [-0.2, -0.15) is 0 Å². The third-order valence-corrected chi connectivity index (χ3v) is 10.9. The maximum atomic E-state index is 6.77. The summed E-state index contributed by atoms with van der Waals surface area (Å²) in [6, 6.07) is 49.8. The van der Waals surface area contributed by atoms with Gasteiger partial charge in [0.2, 0.25) is 11.4 Å². The van der Waals surface area contributed by atoms with Crippen LogP contribution in [0.25, 0.3) is 100.0 Å². The molecule has 1 aliphatic carbocycles. The van der Waals surface area contributed by atoms with Gasteiger partial charge in [-0.1, -0.05) is 97.1 Å². The highest BCUT2D eigenvalue weighted by molar-refractivity contribution is 6.26. The van der Waals surface area contributed by atoms with Gasteiger partial charge in [-0.15, -0.1) is 0 Å². The third kappa shape index (κ3) is 3.59. The van der Waals surface area contributed by atoms with Gasteiger partial charge in [-0.25, -0.2) is 4.57 Å². The lowest BCUT2D eigenvalue weighted by Crippen LogP contribution is -2.05. The van der Waals surface area contributed by atoms with Gasteiger partial charge in [0.15, 0.2) is 0 Å². The molecule has 5 nitrogen and oxygen atoms in total. The minimum absolute atomic E-state index is 0.778. The minimum atomic E-state index is 0.778. The van der Waals surface area contributed by atoms with Gasteiger partial charge in [-0.3, -0.25) is 0 Å². The molecule has 0 saturated heterocycles. The van der Waals surface area contributed by atoms with E-state index < -0.39 is 0 Å². The number of furan rings is 2. The molecule has 0 amide bonds. The van der Waals surface area contributed by atoms with Crippen LogP contribution in [0.5, 0.6) is 0 Å². The first kappa shape index (κ1) is 27.1. The topological polar surface area (TPSA) is 41.1 Å². The lowest BCUT2D eigenvalue weighted by atomic mass is 10.0. The fourth-order valence-corrected chi connectivity index (χ4v) is 8.82. The fraction of sp³-hybridized carbons (Fsp3) is 0.0435. The normalized spacial score (nSPS) is 13.3. The SMILES string of the molecule is C1=Cc2c(c3ccccc3n2-c2cc(-n3c4ccccc4c4ccccc43)cc(-n3c4oc5ccccc5c4c4c5ccccc5oc43)c2)CC1. The summed E-state index contributed by atoms with van der Waals surface area (Å²) in [6.07, 6.45) is 6.67. The number of aromatic nitrogens is 3. The van der Waals surface area contributed by atoms with Crippen molar-refractivity contribution in [3.05, 3.63) is 157 Å². The van der Waals surface area contributed by atoms with Gasteiger partial charge in [0.25, 0.3) is 0 Å². The molecule has 6 aromatic carbocycles. The Morgan fingerprint density at radius 2 is 0.882 bits per heavy atom. The summed E-state index contributed by atoms with van der Waals surface area (Å²) in [4.78, 5) is 0. The van der Waals surface area contributed by atoms with Crippen LogP contribution in [0.2, 0.25) is 0 Å². The average molecular weight is 656 g/mol. The third-order valence-electron chi connectivity index (χ3n) is 10.9. The quantitative estimate of drug-likeness (QED) is 0.190. The monoisotopic (exact) mass is 655 g/mol. The van der Waals surface area contributed by atoms with E-state index in [2.05, 4.69) is 153 Å². The second kappa shape index (κ2) is 9.93. The van der Waals surface area contributed by atoms with E-state index in [1.807, 2.05) is 12.1 Å². The van der Waals surface area contributed by atoms with Crippen molar-refractivity contribution in [1.82, 2.24) is 13.7 Å². The first-order valence-electron chi connectivity index (χ1n) is 17.6. The number of fused-ring (bicyclic) bond motifs is 13. The maximum Gasteiger partial charge on any atom is 0.216 e. The van der Waals surface area contributed by atoms with Crippen molar-refractivity contribution < 1.29 is 8.83 Å². The van der Waals surface area contributed by atoms with E-state index in [4.69, 9.17) is 8.83 Å². The molecule has 51 heavy (non-hydrogen) atoms. The Bertz CT molecular complexity index is 3120. The molecule has 11 aromatic rings. The van der Waals surface area contributed by atoms with E-state index in [0.29, 0.717) is 0 Å². The summed E-state index contributed by atoms with van der Waals surface area (Å²) in [7, 11) is 0. The standard InChI is InChI=1S/C46H29N3O2/c1-7-19-37-31(13-1)32-14-2-8-20-38(32)47(37)28-25-29(48-39-21-9-3-15-33(39)34-16-4-10-22-40(34)48)27-30(26-28)49-45-43(35-17-5-11-23-41(35)50-45)44-36-18-6-12-24-42(36)51-46(44)49/h1-3,5-15,17-27H,4,16H2. The zero-order valence-electron chi connectivity index (χ0n) is 27.5. The van der Waals surface area contributed by atoms with Crippen molar-refractivity contribution in [3.63, 3.8) is 0 Å². The number of rotatable bonds is 3. The molecular weight excluding hydrogens is 627 g/mol. The second-order valence-electron chi connectivity index (χ2n) is 13.6. The zero-order valence-corrected chi connectivity index (χ0v) is 27.5. The molecule has 0 N–H and O–H groups in total.